The van der Waals surface area contributed by atoms with E-state index in [0.717, 1.165) is 0 Å². The normalized spacial score (nSPS) is 8.95. The van der Waals surface area contributed by atoms with Crippen LogP contribution in [0.1, 0.15) is 0 Å². The summed E-state index contributed by atoms with van der Waals surface area (Å²) in [6.07, 6.45) is 0. The summed E-state index contributed by atoms with van der Waals surface area (Å²) >= 11 is -1.53. The summed E-state index contributed by atoms with van der Waals surface area (Å²) in [5, 5.41) is 0. The molecule has 0 aromatic heterocycles. The van der Waals surface area contributed by atoms with Crippen LogP contribution in [-0.4, -0.2) is 38.9 Å². The maximum absolute atomic E-state index is 2.97. The fourth-order valence-corrected chi connectivity index (χ4v) is 5.15. The molecule has 2 rings (SSSR count). The van der Waals surface area contributed by atoms with E-state index in [2.05, 4.69) is 93.9 Å². The Balaban J connectivity index is 0. The van der Waals surface area contributed by atoms with Crippen LogP contribution >= 0.6 is 0 Å². The van der Waals surface area contributed by atoms with E-state index in [9.17, 15) is 0 Å². The third-order valence-electron chi connectivity index (χ3n) is 2.70. The van der Waals surface area contributed by atoms with Crippen molar-refractivity contribution in [2.75, 3.05) is 0 Å². The molecule has 2 aromatic carbocycles. The van der Waals surface area contributed by atoms with Crippen molar-refractivity contribution in [3.63, 3.8) is 0 Å². The number of benzene rings is 2. The molecule has 0 aliphatic carbocycles. The van der Waals surface area contributed by atoms with Crippen LogP contribution < -0.4 is 27.7 Å². The summed E-state index contributed by atoms with van der Waals surface area (Å²) < 4.78 is 3.16. The van der Waals surface area contributed by atoms with E-state index in [1.165, 1.54) is 0 Å². The fourth-order valence-electron chi connectivity index (χ4n) is 1.54. The van der Waals surface area contributed by atoms with Gasteiger partial charge in [-0.15, -0.1) is 0 Å². The maximum atomic E-state index is 2.97. The molecule has 0 bridgehead atoms. The Hall–Kier alpha value is 0.340. The molecule has 0 aliphatic rings. The summed E-state index contributed by atoms with van der Waals surface area (Å²) in [7, 11) is 2.97. The van der Waals surface area contributed by atoms with Gasteiger partial charge in [-0.2, -0.15) is 0 Å². The van der Waals surface area contributed by atoms with Crippen LogP contribution in [-0.2, 0) is 0 Å². The maximum Gasteiger partial charge on any atom is 1.00 e. The quantitative estimate of drug-likeness (QED) is 0.634. The topological polar surface area (TPSA) is 0 Å². The number of hydrogen-bond acceptors (Lipinski definition) is 0. The van der Waals surface area contributed by atoms with Crippen molar-refractivity contribution < 1.29 is 18.9 Å². The third-order valence-corrected chi connectivity index (χ3v) is 8.95. The van der Waals surface area contributed by atoms with Crippen molar-refractivity contribution >= 4 is 47.7 Å². The summed E-state index contributed by atoms with van der Waals surface area (Å²) in [6, 6.07) is 21.6. The predicted octanol–water partition coefficient (Wildman–Crippen LogP) is 0.503. The summed E-state index contributed by atoms with van der Waals surface area (Å²) in [5.41, 5.74) is 0. The van der Waals surface area contributed by atoms with E-state index in [1.807, 2.05) is 0 Å². The Labute approximate surface area is 155 Å². The summed E-state index contributed by atoms with van der Waals surface area (Å²) in [6.45, 7) is 1.81. The van der Waals surface area contributed by atoms with Crippen LogP contribution in [0, 0.1) is 0 Å². The Morgan fingerprint density at radius 1 is 0.571 bits per heavy atom. The Bertz CT molecular complexity index is 390. The zero-order chi connectivity index (χ0) is 15.4. The van der Waals surface area contributed by atoms with Gasteiger partial charge in [0.05, 0.1) is 0 Å². The Kier molecular flexibility index (Phi) is 17.1. The first-order chi connectivity index (χ1) is 9.61. The summed E-state index contributed by atoms with van der Waals surface area (Å²) in [5.74, 6) is 9.48. The third kappa shape index (κ3) is 11.5. The van der Waals surface area contributed by atoms with Gasteiger partial charge in [-0.1, -0.05) is 0 Å². The molecule has 0 saturated carbocycles. The average molecular weight is 410 g/mol. The van der Waals surface area contributed by atoms with Crippen LogP contribution in [0.25, 0.3) is 0 Å². The smallest absolute Gasteiger partial charge is 1.00 e. The van der Waals surface area contributed by atoms with Crippen LogP contribution in [0.4, 0.5) is 0 Å². The van der Waals surface area contributed by atoms with Gasteiger partial charge >= 0.3 is 140 Å². The van der Waals surface area contributed by atoms with E-state index in [-0.39, 0.29) is 18.9 Å². The van der Waals surface area contributed by atoms with Crippen molar-refractivity contribution in [3.8, 4) is 0 Å². The van der Waals surface area contributed by atoms with Gasteiger partial charge in [-0.3, -0.25) is 6.55 Å². The van der Waals surface area contributed by atoms with Crippen LogP contribution in [0.2, 0.25) is 29.6 Å². The molecule has 2 aromatic rings. The fraction of sp³-hybridized carbons (Fsp3) is 0.294. The molecule has 4 radical (unpaired) electrons. The first-order valence-electron chi connectivity index (χ1n) is 6.82. The molecule has 0 atom stereocenters. The molecule has 0 aliphatic heterocycles. The zero-order valence-electron chi connectivity index (χ0n) is 14.3. The molecular formula is C17H25Ge2LiSi. The second-order valence-corrected chi connectivity index (χ2v) is 15.5. The molecule has 0 heterocycles. The Morgan fingerprint density at radius 2 is 0.810 bits per heavy atom. The van der Waals surface area contributed by atoms with Crippen molar-refractivity contribution in [2.24, 2.45) is 0 Å². The van der Waals surface area contributed by atoms with E-state index >= 15 is 0 Å². The van der Waals surface area contributed by atoms with Gasteiger partial charge in [0.1, 0.15) is 0 Å². The SMILES string of the molecule is C[Si-].[CH3][Ge]([CH3])[c]1ccccc1.[CH3][Ge]([CH3])[c]1ccccc1.[Li+]. The van der Waals surface area contributed by atoms with Crippen LogP contribution in [0.3, 0.4) is 0 Å². The Morgan fingerprint density at radius 3 is 0.952 bits per heavy atom. The van der Waals surface area contributed by atoms with Gasteiger partial charge in [-0.05, 0) is 0 Å². The molecule has 0 N–H and O–H groups in total. The first-order valence-corrected chi connectivity index (χ1v) is 18.3. The molecule has 0 fully saturated rings. The molecule has 106 valence electrons. The predicted molar refractivity (Wildman–Crippen MR) is 98.7 cm³/mol. The number of hydrogen-bond donors (Lipinski definition) is 0. The largest absolute Gasteiger partial charge is 1.00 e. The molecule has 0 amide bonds. The van der Waals surface area contributed by atoms with Gasteiger partial charge in [0.2, 0.25) is 0 Å². The van der Waals surface area contributed by atoms with Crippen molar-refractivity contribution in [1.82, 2.24) is 0 Å². The zero-order valence-corrected chi connectivity index (χ0v) is 19.5. The summed E-state index contributed by atoms with van der Waals surface area (Å²) in [4.78, 5) is 0. The van der Waals surface area contributed by atoms with Gasteiger partial charge < -0.3 is 10.2 Å². The van der Waals surface area contributed by atoms with Crippen LogP contribution in [0.5, 0.6) is 0 Å². The van der Waals surface area contributed by atoms with Gasteiger partial charge in [0.25, 0.3) is 0 Å². The number of rotatable bonds is 2. The molecule has 21 heavy (non-hydrogen) atoms. The van der Waals surface area contributed by atoms with Crippen molar-refractivity contribution in [2.45, 2.75) is 29.6 Å². The van der Waals surface area contributed by atoms with Gasteiger partial charge in [-0.25, -0.2) is 0 Å². The minimum atomic E-state index is -0.766. The molecule has 0 spiro atoms. The minimum absolute atomic E-state index is 0. The van der Waals surface area contributed by atoms with E-state index < -0.39 is 28.7 Å². The molecule has 0 saturated heterocycles. The van der Waals surface area contributed by atoms with Gasteiger partial charge in [0.15, 0.2) is 0 Å². The van der Waals surface area contributed by atoms with Crippen LogP contribution in [0.15, 0.2) is 60.7 Å². The minimum Gasteiger partial charge on any atom is 1.00 e. The standard InChI is InChI=1S/2C8H11Ge.CH3Si.Li/c2*1-9(2)8-6-4-3-5-7-8;1-2;/h2*3-7H,1-2H3;1H3;/q;;-1;+1. The van der Waals surface area contributed by atoms with E-state index in [1.54, 1.807) is 15.3 Å². The first kappa shape index (κ1) is 23.6. The van der Waals surface area contributed by atoms with Gasteiger partial charge in [0, 0.05) is 0 Å². The molecule has 4 heteroatoms. The molecule has 0 unspecified atom stereocenters. The van der Waals surface area contributed by atoms with E-state index in [0.29, 0.717) is 0 Å². The monoisotopic (exact) mass is 412 g/mol. The van der Waals surface area contributed by atoms with Crippen molar-refractivity contribution in [1.29, 1.82) is 0 Å². The molecule has 0 nitrogen and oxygen atoms in total. The second kappa shape index (κ2) is 15.2. The average Bonchev–Trinajstić information content (AvgIpc) is 2.51. The van der Waals surface area contributed by atoms with Crippen molar-refractivity contribution in [3.05, 3.63) is 60.7 Å². The molecular weight excluding hydrogens is 384 g/mol. The second-order valence-electron chi connectivity index (χ2n) is 4.73. The van der Waals surface area contributed by atoms with E-state index in [4.69, 9.17) is 0 Å².